The zero-order valence-corrected chi connectivity index (χ0v) is 5.64. The van der Waals surface area contributed by atoms with Crippen LogP contribution in [0.15, 0.2) is 12.2 Å². The van der Waals surface area contributed by atoms with Crippen molar-refractivity contribution in [3.63, 3.8) is 0 Å². The summed E-state index contributed by atoms with van der Waals surface area (Å²) < 4.78 is 0. The molecule has 0 nitrogen and oxygen atoms in total. The fraction of sp³-hybridized carbons (Fsp3) is 0.778. The van der Waals surface area contributed by atoms with Gasteiger partial charge in [0, 0.05) is 0 Å². The molecule has 0 aliphatic heterocycles. The van der Waals surface area contributed by atoms with E-state index in [1.54, 1.807) is 12.0 Å². The first kappa shape index (κ1) is 4.54. The second-order valence-electron chi connectivity index (χ2n) is 4.04. The SMILES string of the molecule is C=C1CC2CC3CC1C23. The predicted molar refractivity (Wildman–Crippen MR) is 37.0 cm³/mol. The van der Waals surface area contributed by atoms with Crippen molar-refractivity contribution in [1.29, 1.82) is 0 Å². The van der Waals surface area contributed by atoms with Gasteiger partial charge in [0.1, 0.15) is 0 Å². The number of rotatable bonds is 0. The zero-order valence-electron chi connectivity index (χ0n) is 5.64. The van der Waals surface area contributed by atoms with Gasteiger partial charge in [0.15, 0.2) is 0 Å². The van der Waals surface area contributed by atoms with Gasteiger partial charge in [-0.25, -0.2) is 0 Å². The first-order chi connectivity index (χ1) is 4.36. The Bertz CT molecular complexity index is 180. The van der Waals surface area contributed by atoms with Crippen LogP contribution in [0.2, 0.25) is 0 Å². The van der Waals surface area contributed by atoms with Gasteiger partial charge in [-0.15, -0.1) is 0 Å². The average molecular weight is 120 g/mol. The quantitative estimate of drug-likeness (QED) is 0.430. The second-order valence-corrected chi connectivity index (χ2v) is 4.04. The van der Waals surface area contributed by atoms with Crippen LogP contribution < -0.4 is 0 Å². The van der Waals surface area contributed by atoms with Crippen LogP contribution in [0.25, 0.3) is 0 Å². The molecule has 3 saturated carbocycles. The highest BCUT2D eigenvalue weighted by Gasteiger charge is 2.58. The van der Waals surface area contributed by atoms with Crippen LogP contribution in [0.5, 0.6) is 0 Å². The Morgan fingerprint density at radius 1 is 1.22 bits per heavy atom. The van der Waals surface area contributed by atoms with Gasteiger partial charge in [0.05, 0.1) is 0 Å². The van der Waals surface area contributed by atoms with Crippen LogP contribution >= 0.6 is 0 Å². The Morgan fingerprint density at radius 2 is 2.11 bits per heavy atom. The van der Waals surface area contributed by atoms with Crippen molar-refractivity contribution >= 4 is 0 Å². The van der Waals surface area contributed by atoms with Gasteiger partial charge < -0.3 is 0 Å². The van der Waals surface area contributed by atoms with E-state index in [0.29, 0.717) is 0 Å². The third kappa shape index (κ3) is 0.331. The van der Waals surface area contributed by atoms with E-state index in [4.69, 9.17) is 0 Å². The summed E-state index contributed by atoms with van der Waals surface area (Å²) in [7, 11) is 0. The van der Waals surface area contributed by atoms with Crippen LogP contribution in [0.4, 0.5) is 0 Å². The lowest BCUT2D eigenvalue weighted by Crippen LogP contribution is -2.46. The van der Waals surface area contributed by atoms with Gasteiger partial charge in [-0.05, 0) is 42.9 Å². The minimum atomic E-state index is 0.994. The van der Waals surface area contributed by atoms with Crippen molar-refractivity contribution < 1.29 is 0 Å². The normalized spacial score (nSPS) is 60.2. The molecule has 9 heavy (non-hydrogen) atoms. The molecule has 0 radical (unpaired) electrons. The summed E-state index contributed by atoms with van der Waals surface area (Å²) in [5.41, 5.74) is 1.58. The fourth-order valence-electron chi connectivity index (χ4n) is 3.24. The van der Waals surface area contributed by atoms with Crippen LogP contribution in [0.3, 0.4) is 0 Å². The van der Waals surface area contributed by atoms with Crippen molar-refractivity contribution in [2.24, 2.45) is 23.7 Å². The molecule has 3 rings (SSSR count). The van der Waals surface area contributed by atoms with Gasteiger partial charge in [-0.3, -0.25) is 0 Å². The molecule has 3 aliphatic rings. The first-order valence-electron chi connectivity index (χ1n) is 4.04. The van der Waals surface area contributed by atoms with Crippen LogP contribution in [0.1, 0.15) is 19.3 Å². The van der Waals surface area contributed by atoms with Crippen molar-refractivity contribution in [1.82, 2.24) is 0 Å². The standard InChI is InChI=1S/C9H12/c1-5-2-6-3-7-4-8(5)9(6)7/h6-9H,1-4H2. The maximum Gasteiger partial charge on any atom is -0.0169 e. The van der Waals surface area contributed by atoms with E-state index in [-0.39, 0.29) is 0 Å². The summed E-state index contributed by atoms with van der Waals surface area (Å²) in [5.74, 6) is 4.38. The Morgan fingerprint density at radius 3 is 2.67 bits per heavy atom. The highest BCUT2D eigenvalue weighted by atomic mass is 14.6. The van der Waals surface area contributed by atoms with Gasteiger partial charge in [-0.1, -0.05) is 12.2 Å². The van der Waals surface area contributed by atoms with Gasteiger partial charge in [-0.2, -0.15) is 0 Å². The lowest BCUT2D eigenvalue weighted by atomic mass is 9.52. The molecule has 0 N–H and O–H groups in total. The van der Waals surface area contributed by atoms with Gasteiger partial charge >= 0.3 is 0 Å². The Balaban J connectivity index is 2.00. The highest BCUT2D eigenvalue weighted by molar-refractivity contribution is 5.23. The Labute approximate surface area is 56.0 Å². The molecule has 0 saturated heterocycles. The molecule has 0 heterocycles. The molecule has 3 aliphatic carbocycles. The van der Waals surface area contributed by atoms with E-state index in [1.807, 2.05) is 0 Å². The molecule has 0 amide bonds. The lowest BCUT2D eigenvalue weighted by Gasteiger charge is -2.53. The number of hydrogen-bond donors (Lipinski definition) is 0. The first-order valence-corrected chi connectivity index (χ1v) is 4.04. The van der Waals surface area contributed by atoms with E-state index in [1.165, 1.54) is 12.8 Å². The van der Waals surface area contributed by atoms with E-state index < -0.39 is 0 Å². The van der Waals surface area contributed by atoms with E-state index in [0.717, 1.165) is 23.7 Å². The molecule has 0 spiro atoms. The minimum absolute atomic E-state index is 0.994. The average Bonchev–Trinajstić information content (AvgIpc) is 2.01. The van der Waals surface area contributed by atoms with Gasteiger partial charge in [0.25, 0.3) is 0 Å². The molecule has 0 aromatic rings. The van der Waals surface area contributed by atoms with Crippen LogP contribution in [-0.4, -0.2) is 0 Å². The van der Waals surface area contributed by atoms with Crippen molar-refractivity contribution in [2.45, 2.75) is 19.3 Å². The number of allylic oxidation sites excluding steroid dienone is 1. The summed E-state index contributed by atoms with van der Waals surface area (Å²) in [6.07, 6.45) is 4.42. The molecule has 0 aromatic heterocycles. The molecular formula is C9H12. The molecule has 0 heteroatoms. The Kier molecular flexibility index (Phi) is 0.564. The summed E-state index contributed by atoms with van der Waals surface area (Å²) in [6, 6.07) is 0. The van der Waals surface area contributed by atoms with Crippen molar-refractivity contribution in [3.8, 4) is 0 Å². The topological polar surface area (TPSA) is 0 Å². The van der Waals surface area contributed by atoms with Crippen molar-refractivity contribution in [3.05, 3.63) is 12.2 Å². The van der Waals surface area contributed by atoms with Crippen molar-refractivity contribution in [2.75, 3.05) is 0 Å². The fourth-order valence-corrected chi connectivity index (χ4v) is 3.24. The molecular weight excluding hydrogens is 108 g/mol. The predicted octanol–water partition coefficient (Wildman–Crippen LogP) is 2.22. The zero-order chi connectivity index (χ0) is 6.01. The molecule has 4 atom stereocenters. The molecule has 48 valence electrons. The maximum atomic E-state index is 4.11. The summed E-state index contributed by atoms with van der Waals surface area (Å²) in [5, 5.41) is 0. The maximum absolute atomic E-state index is 4.11. The third-order valence-corrected chi connectivity index (χ3v) is 3.76. The lowest BCUT2D eigenvalue weighted by molar-refractivity contribution is -0.0331. The van der Waals surface area contributed by atoms with Crippen LogP contribution in [-0.2, 0) is 0 Å². The molecule has 4 unspecified atom stereocenters. The molecule has 0 aromatic carbocycles. The highest BCUT2D eigenvalue weighted by Crippen LogP contribution is 2.67. The summed E-state index contributed by atoms with van der Waals surface area (Å²) in [4.78, 5) is 0. The largest absolute Gasteiger partial charge is 0.0996 e. The van der Waals surface area contributed by atoms with Gasteiger partial charge in [0.2, 0.25) is 0 Å². The summed E-state index contributed by atoms with van der Waals surface area (Å²) >= 11 is 0. The van der Waals surface area contributed by atoms with E-state index >= 15 is 0 Å². The summed E-state index contributed by atoms with van der Waals surface area (Å²) in [6.45, 7) is 4.11. The van der Waals surface area contributed by atoms with E-state index in [9.17, 15) is 0 Å². The molecule has 0 bridgehead atoms. The minimum Gasteiger partial charge on any atom is -0.0996 e. The third-order valence-electron chi connectivity index (χ3n) is 3.76. The van der Waals surface area contributed by atoms with Crippen LogP contribution in [0, 0.1) is 23.7 Å². The van der Waals surface area contributed by atoms with E-state index in [2.05, 4.69) is 6.58 Å². The number of hydrogen-bond acceptors (Lipinski definition) is 0. The second kappa shape index (κ2) is 1.12. The smallest absolute Gasteiger partial charge is 0.0169 e. The molecule has 3 fully saturated rings. The monoisotopic (exact) mass is 120 g/mol. The Hall–Kier alpha value is -0.260.